The standard InChI is InChI=1S/C27H34N2O5/c1-33-20-16-17-23(24(19-20)34-2)28-25(30)15-9-7-5-3-4-6-8-12-18-29-26(31)21-13-10-11-14-22(21)27(29)32/h10-11,13-14,16-17,19H,3-9,12,15,18H2,1-2H3,(H,28,30). The smallest absolute Gasteiger partial charge is 0.261 e. The molecule has 3 rings (SSSR count). The third kappa shape index (κ3) is 6.59. The van der Waals surface area contributed by atoms with Gasteiger partial charge in [0.05, 0.1) is 31.0 Å². The second-order valence-electron chi connectivity index (χ2n) is 8.50. The number of rotatable bonds is 14. The minimum Gasteiger partial charge on any atom is -0.497 e. The summed E-state index contributed by atoms with van der Waals surface area (Å²) in [6.07, 6.45) is 8.61. The number of carbonyl (C=O) groups is 3. The van der Waals surface area contributed by atoms with E-state index in [1.807, 2.05) is 0 Å². The molecule has 0 bridgehead atoms. The number of hydrogen-bond donors (Lipinski definition) is 1. The highest BCUT2D eigenvalue weighted by molar-refractivity contribution is 6.21. The summed E-state index contributed by atoms with van der Waals surface area (Å²) < 4.78 is 10.5. The van der Waals surface area contributed by atoms with Crippen molar-refractivity contribution in [2.75, 3.05) is 26.1 Å². The first kappa shape index (κ1) is 25.3. The van der Waals surface area contributed by atoms with Crippen LogP contribution in [0.2, 0.25) is 0 Å². The van der Waals surface area contributed by atoms with E-state index in [4.69, 9.17) is 9.47 Å². The number of anilines is 1. The first-order chi connectivity index (χ1) is 16.5. The SMILES string of the molecule is COc1ccc(NC(=O)CCCCCCCCCCN2C(=O)c3ccccc3C2=O)c(OC)c1. The molecule has 0 radical (unpaired) electrons. The molecule has 0 aromatic heterocycles. The Morgan fingerprint density at radius 2 is 1.38 bits per heavy atom. The Balaban J connectivity index is 1.21. The van der Waals surface area contributed by atoms with Crippen LogP contribution in [0, 0.1) is 0 Å². The minimum atomic E-state index is -0.171. The fourth-order valence-corrected chi connectivity index (χ4v) is 4.17. The van der Waals surface area contributed by atoms with Crippen LogP contribution in [0.5, 0.6) is 11.5 Å². The largest absolute Gasteiger partial charge is 0.497 e. The van der Waals surface area contributed by atoms with Gasteiger partial charge in [-0.2, -0.15) is 0 Å². The Labute approximate surface area is 201 Å². The van der Waals surface area contributed by atoms with Crippen molar-refractivity contribution in [1.29, 1.82) is 0 Å². The molecule has 182 valence electrons. The number of amides is 3. The molecule has 0 saturated carbocycles. The third-order valence-electron chi connectivity index (χ3n) is 6.10. The second-order valence-corrected chi connectivity index (χ2v) is 8.50. The molecule has 0 unspecified atom stereocenters. The molecule has 7 nitrogen and oxygen atoms in total. The van der Waals surface area contributed by atoms with Gasteiger partial charge < -0.3 is 14.8 Å². The van der Waals surface area contributed by atoms with Gasteiger partial charge in [0.2, 0.25) is 5.91 Å². The molecule has 1 N–H and O–H groups in total. The topological polar surface area (TPSA) is 84.9 Å². The lowest BCUT2D eigenvalue weighted by molar-refractivity contribution is -0.116. The Morgan fingerprint density at radius 3 is 1.97 bits per heavy atom. The maximum Gasteiger partial charge on any atom is 0.261 e. The van der Waals surface area contributed by atoms with Crippen LogP contribution in [0.25, 0.3) is 0 Å². The van der Waals surface area contributed by atoms with E-state index in [2.05, 4.69) is 5.32 Å². The quantitative estimate of drug-likeness (QED) is 0.296. The number of unbranched alkanes of at least 4 members (excludes halogenated alkanes) is 7. The summed E-state index contributed by atoms with van der Waals surface area (Å²) in [6, 6.07) is 12.3. The van der Waals surface area contributed by atoms with E-state index < -0.39 is 0 Å². The molecule has 0 aliphatic carbocycles. The van der Waals surface area contributed by atoms with E-state index in [1.165, 1.54) is 4.90 Å². The molecular formula is C27H34N2O5. The van der Waals surface area contributed by atoms with Crippen molar-refractivity contribution < 1.29 is 23.9 Å². The number of methoxy groups -OCH3 is 2. The molecule has 1 aliphatic rings. The zero-order valence-electron chi connectivity index (χ0n) is 20.1. The molecule has 7 heteroatoms. The van der Waals surface area contributed by atoms with Crippen molar-refractivity contribution in [2.24, 2.45) is 0 Å². The molecule has 2 aromatic carbocycles. The Hall–Kier alpha value is -3.35. The predicted molar refractivity (Wildman–Crippen MR) is 132 cm³/mol. The molecule has 1 heterocycles. The van der Waals surface area contributed by atoms with Gasteiger partial charge in [-0.1, -0.05) is 50.7 Å². The molecule has 34 heavy (non-hydrogen) atoms. The maximum atomic E-state index is 12.3. The van der Waals surface area contributed by atoms with Crippen LogP contribution >= 0.6 is 0 Å². The highest BCUT2D eigenvalue weighted by atomic mass is 16.5. The summed E-state index contributed by atoms with van der Waals surface area (Å²) in [5, 5.41) is 2.90. The summed E-state index contributed by atoms with van der Waals surface area (Å²) in [5.41, 5.74) is 1.68. The van der Waals surface area contributed by atoms with Gasteiger partial charge in [0.15, 0.2) is 0 Å². The van der Waals surface area contributed by atoms with Crippen LogP contribution in [-0.2, 0) is 4.79 Å². The molecular weight excluding hydrogens is 432 g/mol. The number of nitrogens with one attached hydrogen (secondary N) is 1. The summed E-state index contributed by atoms with van der Waals surface area (Å²) in [5.74, 6) is 0.899. The zero-order chi connectivity index (χ0) is 24.3. The molecule has 0 spiro atoms. The average molecular weight is 467 g/mol. The van der Waals surface area contributed by atoms with E-state index in [0.29, 0.717) is 41.3 Å². The van der Waals surface area contributed by atoms with Crippen molar-refractivity contribution in [3.63, 3.8) is 0 Å². The van der Waals surface area contributed by atoms with Gasteiger partial charge in [0.1, 0.15) is 11.5 Å². The number of benzene rings is 2. The van der Waals surface area contributed by atoms with Crippen LogP contribution in [-0.4, -0.2) is 43.4 Å². The predicted octanol–water partition coefficient (Wildman–Crippen LogP) is 5.45. The van der Waals surface area contributed by atoms with Gasteiger partial charge in [-0.3, -0.25) is 19.3 Å². The Kier molecular flexibility index (Phi) is 9.50. The van der Waals surface area contributed by atoms with Crippen molar-refractivity contribution >= 4 is 23.4 Å². The monoisotopic (exact) mass is 466 g/mol. The van der Waals surface area contributed by atoms with Crippen molar-refractivity contribution in [3.8, 4) is 11.5 Å². The number of imide groups is 1. The van der Waals surface area contributed by atoms with Crippen molar-refractivity contribution in [1.82, 2.24) is 4.90 Å². The van der Waals surface area contributed by atoms with Gasteiger partial charge >= 0.3 is 0 Å². The van der Waals surface area contributed by atoms with E-state index in [-0.39, 0.29) is 17.7 Å². The van der Waals surface area contributed by atoms with Crippen molar-refractivity contribution in [2.45, 2.75) is 57.8 Å². The van der Waals surface area contributed by atoms with E-state index in [0.717, 1.165) is 51.4 Å². The van der Waals surface area contributed by atoms with Crippen LogP contribution in [0.15, 0.2) is 42.5 Å². The maximum absolute atomic E-state index is 12.3. The summed E-state index contributed by atoms with van der Waals surface area (Å²) in [7, 11) is 3.15. The normalized spacial score (nSPS) is 12.6. The number of hydrogen-bond acceptors (Lipinski definition) is 5. The van der Waals surface area contributed by atoms with Gasteiger partial charge in [-0.15, -0.1) is 0 Å². The summed E-state index contributed by atoms with van der Waals surface area (Å²) >= 11 is 0. The number of nitrogens with zero attached hydrogens (tertiary/aromatic N) is 1. The van der Waals surface area contributed by atoms with E-state index >= 15 is 0 Å². The van der Waals surface area contributed by atoms with Gasteiger partial charge in [-0.25, -0.2) is 0 Å². The van der Waals surface area contributed by atoms with Gasteiger partial charge in [0, 0.05) is 19.0 Å². The van der Waals surface area contributed by atoms with Crippen LogP contribution in [0.4, 0.5) is 5.69 Å². The van der Waals surface area contributed by atoms with Crippen LogP contribution < -0.4 is 14.8 Å². The van der Waals surface area contributed by atoms with E-state index in [1.54, 1.807) is 56.7 Å². The molecule has 0 saturated heterocycles. The lowest BCUT2D eigenvalue weighted by Crippen LogP contribution is -2.30. The summed E-state index contributed by atoms with van der Waals surface area (Å²) in [6.45, 7) is 0.487. The fourth-order valence-electron chi connectivity index (χ4n) is 4.17. The molecule has 2 aromatic rings. The highest BCUT2D eigenvalue weighted by Crippen LogP contribution is 2.29. The zero-order valence-corrected chi connectivity index (χ0v) is 20.1. The van der Waals surface area contributed by atoms with Gasteiger partial charge in [-0.05, 0) is 37.1 Å². The number of ether oxygens (including phenoxy) is 2. The van der Waals surface area contributed by atoms with Crippen LogP contribution in [0.3, 0.4) is 0 Å². The number of carbonyl (C=O) groups excluding carboxylic acids is 3. The first-order valence-corrected chi connectivity index (χ1v) is 12.0. The number of fused-ring (bicyclic) bond motifs is 1. The molecule has 0 fully saturated rings. The lowest BCUT2D eigenvalue weighted by atomic mass is 10.1. The van der Waals surface area contributed by atoms with Gasteiger partial charge in [0.25, 0.3) is 11.8 Å². The molecule has 3 amide bonds. The average Bonchev–Trinajstić information content (AvgIpc) is 3.10. The lowest BCUT2D eigenvalue weighted by Gasteiger charge is -2.13. The minimum absolute atomic E-state index is 0.0170. The Morgan fingerprint density at radius 1 is 0.794 bits per heavy atom. The summed E-state index contributed by atoms with van der Waals surface area (Å²) in [4.78, 5) is 38.3. The van der Waals surface area contributed by atoms with Crippen LogP contribution in [0.1, 0.15) is 78.5 Å². The first-order valence-electron chi connectivity index (χ1n) is 12.0. The highest BCUT2D eigenvalue weighted by Gasteiger charge is 2.34. The van der Waals surface area contributed by atoms with E-state index in [9.17, 15) is 14.4 Å². The molecule has 0 atom stereocenters. The Bertz CT molecular complexity index is 969. The molecule has 1 aliphatic heterocycles. The third-order valence-corrected chi connectivity index (χ3v) is 6.10. The fraction of sp³-hybridized carbons (Fsp3) is 0.444. The second kappa shape index (κ2) is 12.8. The van der Waals surface area contributed by atoms with Crippen molar-refractivity contribution in [3.05, 3.63) is 53.6 Å².